The summed E-state index contributed by atoms with van der Waals surface area (Å²) in [4.78, 5) is 10.8. The van der Waals surface area contributed by atoms with Crippen LogP contribution in [-0.2, 0) is 6.54 Å². The number of hydrogen-bond donors (Lipinski definition) is 1. The van der Waals surface area contributed by atoms with Gasteiger partial charge in [0.15, 0.2) is 0 Å². The zero-order valence-electron chi connectivity index (χ0n) is 10.9. The lowest BCUT2D eigenvalue weighted by Gasteiger charge is -2.21. The van der Waals surface area contributed by atoms with E-state index in [9.17, 15) is 0 Å². The van der Waals surface area contributed by atoms with E-state index < -0.39 is 0 Å². The van der Waals surface area contributed by atoms with E-state index in [1.165, 1.54) is 0 Å². The number of nitrogens with one attached hydrogen (secondary N) is 1. The number of likely N-dealkylation sites (N-methyl/N-ethyl adjacent to an activating group) is 1. The predicted octanol–water partition coefficient (Wildman–Crippen LogP) is 0.925. The Labute approximate surface area is 111 Å². The summed E-state index contributed by atoms with van der Waals surface area (Å²) in [5, 5.41) is 7.33. The molecule has 6 nitrogen and oxygen atoms in total. The first kappa shape index (κ1) is 12.3. The van der Waals surface area contributed by atoms with Crippen molar-refractivity contribution >= 4 is 0 Å². The molecule has 1 fully saturated rings. The molecular formula is C13H17N5O. The average Bonchev–Trinajstić information content (AvgIpc) is 3.11. The maximum Gasteiger partial charge on any atom is 0.241 e. The summed E-state index contributed by atoms with van der Waals surface area (Å²) in [5.74, 6) is 1.18. The minimum absolute atomic E-state index is 0.546. The molecule has 2 aromatic rings. The van der Waals surface area contributed by atoms with Gasteiger partial charge < -0.3 is 9.84 Å². The minimum atomic E-state index is 0.546. The summed E-state index contributed by atoms with van der Waals surface area (Å²) in [6.07, 6.45) is 2.89. The third-order valence-corrected chi connectivity index (χ3v) is 3.40. The molecule has 1 aliphatic rings. The van der Waals surface area contributed by atoms with E-state index in [0.29, 0.717) is 24.3 Å². The lowest BCUT2D eigenvalue weighted by Crippen LogP contribution is -2.32. The Morgan fingerprint density at radius 2 is 2.42 bits per heavy atom. The molecule has 0 radical (unpaired) electrons. The maximum absolute atomic E-state index is 5.29. The van der Waals surface area contributed by atoms with Crippen molar-refractivity contribution < 1.29 is 4.52 Å². The average molecular weight is 259 g/mol. The van der Waals surface area contributed by atoms with Gasteiger partial charge in [0.25, 0.3) is 0 Å². The van der Waals surface area contributed by atoms with E-state index in [1.807, 2.05) is 18.2 Å². The van der Waals surface area contributed by atoms with Crippen molar-refractivity contribution in [2.24, 2.45) is 0 Å². The summed E-state index contributed by atoms with van der Waals surface area (Å²) in [6, 6.07) is 6.20. The Morgan fingerprint density at radius 3 is 3.16 bits per heavy atom. The highest BCUT2D eigenvalue weighted by atomic mass is 16.5. The third kappa shape index (κ3) is 2.80. The number of nitrogens with zero attached hydrogens (tertiary/aromatic N) is 4. The summed E-state index contributed by atoms with van der Waals surface area (Å²) in [7, 11) is 2.09. The summed E-state index contributed by atoms with van der Waals surface area (Å²) in [6.45, 7) is 2.78. The molecular weight excluding hydrogens is 242 g/mol. The molecule has 2 aromatic heterocycles. The van der Waals surface area contributed by atoms with Crippen molar-refractivity contribution in [1.82, 2.24) is 25.3 Å². The predicted molar refractivity (Wildman–Crippen MR) is 70.3 cm³/mol. The van der Waals surface area contributed by atoms with E-state index in [-0.39, 0.29) is 0 Å². The second-order valence-corrected chi connectivity index (χ2v) is 4.79. The molecule has 1 unspecified atom stereocenters. The maximum atomic E-state index is 5.29. The van der Waals surface area contributed by atoms with Crippen LogP contribution in [-0.4, -0.2) is 46.2 Å². The highest BCUT2D eigenvalue weighted by Gasteiger charge is 2.21. The molecule has 3 heterocycles. The highest BCUT2D eigenvalue weighted by molar-refractivity contribution is 5.46. The summed E-state index contributed by atoms with van der Waals surface area (Å²) in [5.41, 5.74) is 0.739. The largest absolute Gasteiger partial charge is 0.337 e. The monoisotopic (exact) mass is 259 g/mol. The lowest BCUT2D eigenvalue weighted by atomic mass is 10.2. The molecule has 100 valence electrons. The zero-order chi connectivity index (χ0) is 13.1. The van der Waals surface area contributed by atoms with Gasteiger partial charge in [-0.1, -0.05) is 11.2 Å². The van der Waals surface area contributed by atoms with E-state index in [1.54, 1.807) is 6.20 Å². The zero-order valence-corrected chi connectivity index (χ0v) is 10.9. The van der Waals surface area contributed by atoms with Crippen molar-refractivity contribution in [2.45, 2.75) is 19.0 Å². The van der Waals surface area contributed by atoms with Crippen LogP contribution in [0.4, 0.5) is 0 Å². The molecule has 6 heteroatoms. The van der Waals surface area contributed by atoms with Crippen molar-refractivity contribution in [3.05, 3.63) is 30.3 Å². The van der Waals surface area contributed by atoms with Crippen LogP contribution in [0.3, 0.4) is 0 Å². The number of rotatable bonds is 4. The molecule has 0 bridgehead atoms. The van der Waals surface area contributed by atoms with Crippen LogP contribution in [0.25, 0.3) is 11.5 Å². The highest BCUT2D eigenvalue weighted by Crippen LogP contribution is 2.14. The molecule has 1 N–H and O–H groups in total. The van der Waals surface area contributed by atoms with Gasteiger partial charge in [0.2, 0.25) is 11.7 Å². The molecule has 3 rings (SSSR count). The summed E-state index contributed by atoms with van der Waals surface area (Å²) < 4.78 is 5.29. The van der Waals surface area contributed by atoms with Gasteiger partial charge >= 0.3 is 0 Å². The second kappa shape index (κ2) is 5.46. The lowest BCUT2D eigenvalue weighted by molar-refractivity contribution is 0.214. The fourth-order valence-corrected chi connectivity index (χ4v) is 2.28. The quantitative estimate of drug-likeness (QED) is 0.881. The molecule has 1 atom stereocenters. The first-order valence-corrected chi connectivity index (χ1v) is 6.48. The number of hydrogen-bond acceptors (Lipinski definition) is 6. The first-order chi connectivity index (χ1) is 9.33. The third-order valence-electron chi connectivity index (χ3n) is 3.40. The smallest absolute Gasteiger partial charge is 0.241 e. The van der Waals surface area contributed by atoms with Crippen LogP contribution in [0, 0.1) is 0 Å². The Kier molecular flexibility index (Phi) is 3.52. The second-order valence-electron chi connectivity index (χ2n) is 4.79. The normalized spacial score (nSPS) is 19.2. The molecule has 19 heavy (non-hydrogen) atoms. The van der Waals surface area contributed by atoms with Gasteiger partial charge in [-0.25, -0.2) is 0 Å². The standard InChI is InChI=1S/C13H17N5O/c1-18(10-5-7-14-8-10)9-12-16-13(17-19-12)11-4-2-3-6-15-11/h2-4,6,10,14H,5,7-9H2,1H3. The van der Waals surface area contributed by atoms with Crippen molar-refractivity contribution in [3.8, 4) is 11.5 Å². The van der Waals surface area contributed by atoms with Gasteiger partial charge in [0.1, 0.15) is 5.69 Å². The van der Waals surface area contributed by atoms with E-state index in [0.717, 1.165) is 25.2 Å². The Balaban J connectivity index is 1.68. The van der Waals surface area contributed by atoms with Gasteiger partial charge in [-0.15, -0.1) is 0 Å². The minimum Gasteiger partial charge on any atom is -0.337 e. The first-order valence-electron chi connectivity index (χ1n) is 6.48. The Morgan fingerprint density at radius 1 is 1.47 bits per heavy atom. The van der Waals surface area contributed by atoms with Gasteiger partial charge in [-0.05, 0) is 32.1 Å². The van der Waals surface area contributed by atoms with Gasteiger partial charge in [-0.3, -0.25) is 9.88 Å². The number of aromatic nitrogens is 3. The van der Waals surface area contributed by atoms with Crippen LogP contribution >= 0.6 is 0 Å². The number of pyridine rings is 1. The van der Waals surface area contributed by atoms with Gasteiger partial charge in [0, 0.05) is 18.8 Å². The van der Waals surface area contributed by atoms with E-state index in [4.69, 9.17) is 4.52 Å². The van der Waals surface area contributed by atoms with Gasteiger partial charge in [-0.2, -0.15) is 4.98 Å². The van der Waals surface area contributed by atoms with Crippen molar-refractivity contribution in [2.75, 3.05) is 20.1 Å². The van der Waals surface area contributed by atoms with Crippen molar-refractivity contribution in [3.63, 3.8) is 0 Å². The topological polar surface area (TPSA) is 67.1 Å². The molecule has 0 aromatic carbocycles. The van der Waals surface area contributed by atoms with E-state index in [2.05, 4.69) is 32.4 Å². The van der Waals surface area contributed by atoms with Crippen LogP contribution < -0.4 is 5.32 Å². The fraction of sp³-hybridized carbons (Fsp3) is 0.462. The Bertz CT molecular complexity index is 521. The molecule has 0 spiro atoms. The van der Waals surface area contributed by atoms with Gasteiger partial charge in [0.05, 0.1) is 6.54 Å². The Hall–Kier alpha value is -1.79. The van der Waals surface area contributed by atoms with Crippen LogP contribution in [0.15, 0.2) is 28.9 Å². The molecule has 1 saturated heterocycles. The van der Waals surface area contributed by atoms with Crippen LogP contribution in [0.5, 0.6) is 0 Å². The van der Waals surface area contributed by atoms with E-state index >= 15 is 0 Å². The summed E-state index contributed by atoms with van der Waals surface area (Å²) >= 11 is 0. The molecule has 0 saturated carbocycles. The van der Waals surface area contributed by atoms with Crippen molar-refractivity contribution in [1.29, 1.82) is 0 Å². The fourth-order valence-electron chi connectivity index (χ4n) is 2.28. The van der Waals surface area contributed by atoms with Crippen LogP contribution in [0.2, 0.25) is 0 Å². The molecule has 0 amide bonds. The van der Waals surface area contributed by atoms with Crippen LogP contribution in [0.1, 0.15) is 12.3 Å². The molecule has 1 aliphatic heterocycles. The molecule has 0 aliphatic carbocycles. The SMILES string of the molecule is CN(Cc1nc(-c2ccccn2)no1)C1CCNC1.